The van der Waals surface area contributed by atoms with Crippen molar-refractivity contribution in [1.29, 1.82) is 0 Å². The van der Waals surface area contributed by atoms with Crippen LogP contribution in [0.4, 0.5) is 0 Å². The summed E-state index contributed by atoms with van der Waals surface area (Å²) < 4.78 is 5.10. The topological polar surface area (TPSA) is 75.6 Å². The molecule has 0 aromatic heterocycles. The van der Waals surface area contributed by atoms with E-state index in [0.717, 1.165) is 12.8 Å². The minimum absolute atomic E-state index is 0.0118. The van der Waals surface area contributed by atoms with E-state index in [0.29, 0.717) is 26.1 Å². The molecule has 2 atom stereocenters. The predicted octanol–water partition coefficient (Wildman–Crippen LogP) is 1.81. The second-order valence-corrected chi connectivity index (χ2v) is 4.59. The average Bonchev–Trinajstić information content (AvgIpc) is 2.28. The first kappa shape index (κ1) is 16.9. The number of carboxylic acid groups (broad SMARTS) is 1. The van der Waals surface area contributed by atoms with Crippen LogP contribution in [0.25, 0.3) is 0 Å². The van der Waals surface area contributed by atoms with Gasteiger partial charge < -0.3 is 15.2 Å². The first-order valence-electron chi connectivity index (χ1n) is 6.57. The monoisotopic (exact) mass is 259 g/mol. The summed E-state index contributed by atoms with van der Waals surface area (Å²) in [4.78, 5) is 22.1. The van der Waals surface area contributed by atoms with E-state index in [2.05, 4.69) is 5.32 Å². The smallest absolute Gasteiger partial charge is 0.306 e. The van der Waals surface area contributed by atoms with Crippen molar-refractivity contribution in [2.75, 3.05) is 13.2 Å². The number of ether oxygens (including phenoxy) is 1. The van der Waals surface area contributed by atoms with Gasteiger partial charge in [-0.3, -0.25) is 9.59 Å². The van der Waals surface area contributed by atoms with Gasteiger partial charge in [0.1, 0.15) is 0 Å². The zero-order chi connectivity index (χ0) is 14.0. The maximum atomic E-state index is 11.4. The zero-order valence-electron chi connectivity index (χ0n) is 11.6. The van der Waals surface area contributed by atoms with Gasteiger partial charge in [0.05, 0.1) is 12.5 Å². The summed E-state index contributed by atoms with van der Waals surface area (Å²) in [7, 11) is 0. The van der Waals surface area contributed by atoms with E-state index >= 15 is 0 Å². The molecule has 0 radical (unpaired) electrons. The van der Waals surface area contributed by atoms with Crippen molar-refractivity contribution in [3.8, 4) is 0 Å². The highest BCUT2D eigenvalue weighted by Crippen LogP contribution is 2.09. The molecule has 0 rings (SSSR count). The summed E-state index contributed by atoms with van der Waals surface area (Å²) in [6.07, 6.45) is 2.64. The highest BCUT2D eigenvalue weighted by molar-refractivity contribution is 5.76. The van der Waals surface area contributed by atoms with Crippen LogP contribution in [0.3, 0.4) is 0 Å². The quantitative estimate of drug-likeness (QED) is 0.587. The van der Waals surface area contributed by atoms with Gasteiger partial charge in [0, 0.05) is 19.1 Å². The Hall–Kier alpha value is -1.10. The fraction of sp³-hybridized carbons (Fsp3) is 0.846. The van der Waals surface area contributed by atoms with Gasteiger partial charge in [-0.1, -0.05) is 13.3 Å². The molecule has 0 spiro atoms. The number of amides is 1. The van der Waals surface area contributed by atoms with Crippen molar-refractivity contribution in [2.24, 2.45) is 5.92 Å². The third-order valence-electron chi connectivity index (χ3n) is 2.78. The lowest BCUT2D eigenvalue weighted by atomic mass is 10.0. The Morgan fingerprint density at radius 2 is 1.94 bits per heavy atom. The van der Waals surface area contributed by atoms with Gasteiger partial charge in [-0.05, 0) is 26.7 Å². The van der Waals surface area contributed by atoms with E-state index in [-0.39, 0.29) is 17.9 Å². The SMILES string of the molecule is CCOCCC(=O)NC(C)CCCC(C)C(=O)O. The summed E-state index contributed by atoms with van der Waals surface area (Å²) in [6, 6.07) is 0.0834. The van der Waals surface area contributed by atoms with E-state index < -0.39 is 5.97 Å². The van der Waals surface area contributed by atoms with Crippen LogP contribution < -0.4 is 5.32 Å². The van der Waals surface area contributed by atoms with Crippen molar-refractivity contribution < 1.29 is 19.4 Å². The number of nitrogens with one attached hydrogen (secondary N) is 1. The zero-order valence-corrected chi connectivity index (χ0v) is 11.6. The lowest BCUT2D eigenvalue weighted by molar-refractivity contribution is -0.141. The number of aliphatic carboxylic acids is 1. The first-order chi connectivity index (χ1) is 8.47. The van der Waals surface area contributed by atoms with Crippen LogP contribution in [0.2, 0.25) is 0 Å². The number of carbonyl (C=O) groups excluding carboxylic acids is 1. The minimum Gasteiger partial charge on any atom is -0.481 e. The van der Waals surface area contributed by atoms with Crippen LogP contribution in [0.15, 0.2) is 0 Å². The van der Waals surface area contributed by atoms with E-state index in [1.165, 1.54) is 0 Å². The summed E-state index contributed by atoms with van der Waals surface area (Å²) >= 11 is 0. The molecule has 0 aliphatic heterocycles. The molecular weight excluding hydrogens is 234 g/mol. The highest BCUT2D eigenvalue weighted by atomic mass is 16.5. The van der Waals surface area contributed by atoms with Crippen LogP contribution in [0, 0.1) is 5.92 Å². The molecule has 0 fully saturated rings. The second-order valence-electron chi connectivity index (χ2n) is 4.59. The van der Waals surface area contributed by atoms with Crippen LogP contribution in [-0.2, 0) is 14.3 Å². The Morgan fingerprint density at radius 3 is 2.50 bits per heavy atom. The molecule has 5 heteroatoms. The molecule has 0 bridgehead atoms. The van der Waals surface area contributed by atoms with Gasteiger partial charge in [0.2, 0.25) is 5.91 Å². The molecule has 2 unspecified atom stereocenters. The molecule has 0 aromatic rings. The van der Waals surface area contributed by atoms with Gasteiger partial charge >= 0.3 is 5.97 Å². The normalized spacial score (nSPS) is 13.9. The number of rotatable bonds is 10. The summed E-state index contributed by atoms with van der Waals surface area (Å²) in [5.74, 6) is -1.09. The van der Waals surface area contributed by atoms with Crippen molar-refractivity contribution in [3.63, 3.8) is 0 Å². The van der Waals surface area contributed by atoms with E-state index in [1.807, 2.05) is 13.8 Å². The summed E-state index contributed by atoms with van der Waals surface area (Å²) in [6.45, 7) is 6.60. The molecule has 0 heterocycles. The molecule has 0 aromatic carbocycles. The van der Waals surface area contributed by atoms with Crippen molar-refractivity contribution >= 4 is 11.9 Å². The van der Waals surface area contributed by atoms with E-state index in [4.69, 9.17) is 9.84 Å². The Bertz CT molecular complexity index is 255. The van der Waals surface area contributed by atoms with Gasteiger partial charge in [0.25, 0.3) is 0 Å². The van der Waals surface area contributed by atoms with Crippen LogP contribution >= 0.6 is 0 Å². The largest absolute Gasteiger partial charge is 0.481 e. The van der Waals surface area contributed by atoms with Crippen molar-refractivity contribution in [3.05, 3.63) is 0 Å². The number of carbonyl (C=O) groups is 2. The second kappa shape index (κ2) is 9.88. The Labute approximate surface area is 109 Å². The van der Waals surface area contributed by atoms with Crippen LogP contribution in [0.1, 0.15) is 46.5 Å². The molecule has 106 valence electrons. The molecule has 1 amide bonds. The molecule has 0 aliphatic rings. The van der Waals surface area contributed by atoms with E-state index in [1.54, 1.807) is 6.92 Å². The fourth-order valence-corrected chi connectivity index (χ4v) is 1.58. The summed E-state index contributed by atoms with van der Waals surface area (Å²) in [5.41, 5.74) is 0. The molecule has 5 nitrogen and oxygen atoms in total. The van der Waals surface area contributed by atoms with Gasteiger partial charge in [0.15, 0.2) is 0 Å². The maximum absolute atomic E-state index is 11.4. The Balaban J connectivity index is 3.61. The lowest BCUT2D eigenvalue weighted by Crippen LogP contribution is -2.33. The van der Waals surface area contributed by atoms with E-state index in [9.17, 15) is 9.59 Å². The lowest BCUT2D eigenvalue weighted by Gasteiger charge is -2.14. The molecular formula is C13H25NO4. The van der Waals surface area contributed by atoms with Gasteiger partial charge in [-0.15, -0.1) is 0 Å². The summed E-state index contributed by atoms with van der Waals surface area (Å²) in [5, 5.41) is 11.6. The molecule has 0 saturated heterocycles. The third-order valence-corrected chi connectivity index (χ3v) is 2.78. The number of carboxylic acids is 1. The molecule has 2 N–H and O–H groups in total. The minimum atomic E-state index is -0.761. The number of hydrogen-bond donors (Lipinski definition) is 2. The molecule has 18 heavy (non-hydrogen) atoms. The first-order valence-corrected chi connectivity index (χ1v) is 6.57. The average molecular weight is 259 g/mol. The highest BCUT2D eigenvalue weighted by Gasteiger charge is 2.12. The maximum Gasteiger partial charge on any atom is 0.306 e. The fourth-order valence-electron chi connectivity index (χ4n) is 1.58. The van der Waals surface area contributed by atoms with Gasteiger partial charge in [-0.2, -0.15) is 0 Å². The van der Waals surface area contributed by atoms with Crippen LogP contribution in [0.5, 0.6) is 0 Å². The standard InChI is InChI=1S/C13H25NO4/c1-4-18-9-8-12(15)14-11(3)7-5-6-10(2)13(16)17/h10-11H,4-9H2,1-3H3,(H,14,15)(H,16,17). The van der Waals surface area contributed by atoms with Crippen LogP contribution in [-0.4, -0.2) is 36.2 Å². The Kier molecular flexibility index (Phi) is 9.28. The van der Waals surface area contributed by atoms with Crippen molar-refractivity contribution in [1.82, 2.24) is 5.32 Å². The van der Waals surface area contributed by atoms with Crippen molar-refractivity contribution in [2.45, 2.75) is 52.5 Å². The Morgan fingerprint density at radius 1 is 1.28 bits per heavy atom. The molecule has 0 saturated carbocycles. The predicted molar refractivity (Wildman–Crippen MR) is 69.4 cm³/mol. The van der Waals surface area contributed by atoms with Gasteiger partial charge in [-0.25, -0.2) is 0 Å². The third kappa shape index (κ3) is 8.98. The number of hydrogen-bond acceptors (Lipinski definition) is 3. The molecule has 0 aliphatic carbocycles.